The number of fused-ring (bicyclic) bond motifs is 3. The predicted molar refractivity (Wildman–Crippen MR) is 117 cm³/mol. The maximum absolute atomic E-state index is 13.3. The molecule has 7 heteroatoms. The molecule has 1 saturated heterocycles. The Morgan fingerprint density at radius 3 is 2.66 bits per heavy atom. The first-order chi connectivity index (χ1) is 15.1. The van der Waals surface area contributed by atoms with Crippen molar-refractivity contribution in [2.24, 2.45) is 5.92 Å². The van der Waals surface area contributed by atoms with Crippen LogP contribution in [-0.2, 0) is 25.5 Å². The van der Waals surface area contributed by atoms with Crippen molar-refractivity contribution in [3.63, 3.8) is 0 Å². The van der Waals surface area contributed by atoms with E-state index in [0.29, 0.717) is 17.6 Å². The Hall–Kier alpha value is -3.53. The smallest absolute Gasteiger partial charge is 0.417 e. The molecule has 1 fully saturated rings. The van der Waals surface area contributed by atoms with Crippen LogP contribution in [0.15, 0.2) is 47.7 Å². The molecule has 166 valence electrons. The van der Waals surface area contributed by atoms with Crippen molar-refractivity contribution in [2.45, 2.75) is 52.0 Å². The van der Waals surface area contributed by atoms with Gasteiger partial charge in [0.15, 0.2) is 6.23 Å². The molecule has 0 radical (unpaired) electrons. The maximum atomic E-state index is 13.3. The van der Waals surface area contributed by atoms with E-state index in [1.165, 1.54) is 16.1 Å². The molecule has 2 aliphatic heterocycles. The van der Waals surface area contributed by atoms with Gasteiger partial charge < -0.3 is 9.47 Å². The Bertz CT molecular complexity index is 1090. The Balaban J connectivity index is 1.66. The molecule has 0 bridgehead atoms. The summed E-state index contributed by atoms with van der Waals surface area (Å²) in [5.41, 5.74) is 2.18. The number of hydrogen-bond acceptors (Lipinski definition) is 5. The van der Waals surface area contributed by atoms with Crippen LogP contribution in [0.1, 0.15) is 44.9 Å². The highest BCUT2D eigenvalue weighted by Crippen LogP contribution is 2.50. The van der Waals surface area contributed by atoms with Gasteiger partial charge in [-0.2, -0.15) is 0 Å². The SMILES string of the molecule is C#CCN1C(=O)C(C)=CC1OC=C1C(=O)N(C(=O)OC(C)(C)C)C2c3ccccc3CC12. The minimum absolute atomic E-state index is 0.0932. The molecule has 1 aromatic carbocycles. The van der Waals surface area contributed by atoms with Crippen LogP contribution in [0.2, 0.25) is 0 Å². The van der Waals surface area contributed by atoms with E-state index >= 15 is 0 Å². The molecule has 3 atom stereocenters. The number of carbonyl (C=O) groups excluding carboxylic acids is 3. The van der Waals surface area contributed by atoms with Gasteiger partial charge in [-0.1, -0.05) is 30.2 Å². The van der Waals surface area contributed by atoms with E-state index in [1.807, 2.05) is 24.3 Å². The first-order valence-corrected chi connectivity index (χ1v) is 10.5. The van der Waals surface area contributed by atoms with Gasteiger partial charge in [0.1, 0.15) is 5.60 Å². The number of imide groups is 1. The number of rotatable bonds is 3. The van der Waals surface area contributed by atoms with E-state index in [-0.39, 0.29) is 18.4 Å². The molecule has 0 aromatic heterocycles. The lowest BCUT2D eigenvalue weighted by molar-refractivity contribution is -0.131. The lowest BCUT2D eigenvalue weighted by Crippen LogP contribution is -2.39. The summed E-state index contributed by atoms with van der Waals surface area (Å²) in [6, 6.07) is 7.32. The Kier molecular flexibility index (Phi) is 5.33. The number of carbonyl (C=O) groups is 3. The lowest BCUT2D eigenvalue weighted by atomic mass is 9.97. The standard InChI is InChI=1S/C25H26N2O5/c1-6-11-26-20(12-15(2)22(26)28)31-14-19-18-13-16-9-7-8-10-17(16)21(18)27(23(19)29)24(30)32-25(3,4)5/h1,7-10,12,14,18,20-21H,11,13H2,2-5H3. The van der Waals surface area contributed by atoms with E-state index < -0.39 is 29.9 Å². The number of ether oxygens (including phenoxy) is 2. The molecule has 2 heterocycles. The second kappa shape index (κ2) is 7.86. The lowest BCUT2D eigenvalue weighted by Gasteiger charge is -2.27. The van der Waals surface area contributed by atoms with Crippen molar-refractivity contribution < 1.29 is 23.9 Å². The molecule has 3 unspecified atom stereocenters. The average molecular weight is 434 g/mol. The summed E-state index contributed by atoms with van der Waals surface area (Å²) >= 11 is 0. The van der Waals surface area contributed by atoms with Gasteiger partial charge in [-0.15, -0.1) is 6.42 Å². The summed E-state index contributed by atoms with van der Waals surface area (Å²) in [6.45, 7) is 7.07. The molecular formula is C25H26N2O5. The summed E-state index contributed by atoms with van der Waals surface area (Å²) in [4.78, 5) is 41.2. The highest BCUT2D eigenvalue weighted by molar-refractivity contribution is 6.06. The highest BCUT2D eigenvalue weighted by atomic mass is 16.6. The van der Waals surface area contributed by atoms with Crippen LogP contribution in [0.25, 0.3) is 0 Å². The topological polar surface area (TPSA) is 76.2 Å². The van der Waals surface area contributed by atoms with Crippen LogP contribution in [0.3, 0.4) is 0 Å². The number of nitrogens with zero attached hydrogens (tertiary/aromatic N) is 2. The average Bonchev–Trinajstić information content (AvgIpc) is 3.30. The van der Waals surface area contributed by atoms with Gasteiger partial charge in [0.05, 0.1) is 24.4 Å². The molecule has 0 N–H and O–H groups in total. The van der Waals surface area contributed by atoms with Crippen LogP contribution < -0.4 is 0 Å². The third-order valence-electron chi connectivity index (χ3n) is 5.82. The second-order valence-corrected chi connectivity index (χ2v) is 9.20. The van der Waals surface area contributed by atoms with Crippen LogP contribution in [-0.4, -0.2) is 46.1 Å². The molecule has 0 saturated carbocycles. The summed E-state index contributed by atoms with van der Waals surface area (Å²) in [5.74, 6) is 1.55. The molecule has 0 spiro atoms. The zero-order valence-corrected chi connectivity index (χ0v) is 18.6. The molecule has 32 heavy (non-hydrogen) atoms. The third-order valence-corrected chi connectivity index (χ3v) is 5.82. The number of terminal acetylenes is 1. The van der Waals surface area contributed by atoms with Crippen LogP contribution in [0, 0.1) is 18.3 Å². The van der Waals surface area contributed by atoms with Crippen molar-refractivity contribution in [3.05, 3.63) is 58.9 Å². The minimum Gasteiger partial charge on any atom is -0.474 e. The van der Waals surface area contributed by atoms with Crippen LogP contribution >= 0.6 is 0 Å². The molecule has 3 aliphatic rings. The fourth-order valence-corrected chi connectivity index (χ4v) is 4.48. The molecule has 1 aliphatic carbocycles. The molecule has 7 nitrogen and oxygen atoms in total. The molecule has 4 rings (SSSR count). The van der Waals surface area contributed by atoms with Crippen LogP contribution in [0.4, 0.5) is 4.79 Å². The van der Waals surface area contributed by atoms with E-state index in [0.717, 1.165) is 11.1 Å². The first kappa shape index (κ1) is 21.7. The summed E-state index contributed by atoms with van der Waals surface area (Å²) in [5, 5.41) is 0. The van der Waals surface area contributed by atoms with Crippen molar-refractivity contribution in [1.29, 1.82) is 0 Å². The summed E-state index contributed by atoms with van der Waals surface area (Å²) < 4.78 is 11.4. The molecular weight excluding hydrogens is 408 g/mol. The fraction of sp³-hybridized carbons (Fsp3) is 0.400. The third kappa shape index (κ3) is 3.66. The van der Waals surface area contributed by atoms with E-state index in [4.69, 9.17) is 15.9 Å². The molecule has 3 amide bonds. The minimum atomic E-state index is -0.740. The Labute approximate surface area is 187 Å². The molecule has 1 aromatic rings. The number of hydrogen-bond donors (Lipinski definition) is 0. The van der Waals surface area contributed by atoms with E-state index in [1.54, 1.807) is 33.8 Å². The highest BCUT2D eigenvalue weighted by Gasteiger charge is 2.53. The fourth-order valence-electron chi connectivity index (χ4n) is 4.48. The summed E-state index contributed by atoms with van der Waals surface area (Å²) in [7, 11) is 0. The van der Waals surface area contributed by atoms with Gasteiger partial charge in [-0.3, -0.25) is 14.5 Å². The van der Waals surface area contributed by atoms with Gasteiger partial charge >= 0.3 is 6.09 Å². The largest absolute Gasteiger partial charge is 0.474 e. The Morgan fingerprint density at radius 1 is 1.25 bits per heavy atom. The van der Waals surface area contributed by atoms with Crippen LogP contribution in [0.5, 0.6) is 0 Å². The van der Waals surface area contributed by atoms with Crippen molar-refractivity contribution in [1.82, 2.24) is 9.80 Å². The van der Waals surface area contributed by atoms with Gasteiger partial charge in [0.25, 0.3) is 11.8 Å². The van der Waals surface area contributed by atoms with Gasteiger partial charge in [-0.05, 0) is 51.3 Å². The quantitative estimate of drug-likeness (QED) is 0.414. The zero-order chi connectivity index (χ0) is 23.2. The number of likely N-dealkylation sites (tertiary alicyclic amines) is 1. The van der Waals surface area contributed by atoms with E-state index in [2.05, 4.69) is 5.92 Å². The monoisotopic (exact) mass is 434 g/mol. The predicted octanol–water partition coefficient (Wildman–Crippen LogP) is 3.33. The Morgan fingerprint density at radius 2 is 1.97 bits per heavy atom. The maximum Gasteiger partial charge on any atom is 0.417 e. The van der Waals surface area contributed by atoms with Gasteiger partial charge in [0.2, 0.25) is 0 Å². The zero-order valence-electron chi connectivity index (χ0n) is 18.6. The van der Waals surface area contributed by atoms with Crippen molar-refractivity contribution in [2.75, 3.05) is 6.54 Å². The van der Waals surface area contributed by atoms with Gasteiger partial charge in [-0.25, -0.2) is 9.69 Å². The second-order valence-electron chi connectivity index (χ2n) is 9.20. The van der Waals surface area contributed by atoms with E-state index in [9.17, 15) is 14.4 Å². The normalized spacial score (nSPS) is 25.5. The van der Waals surface area contributed by atoms with Gasteiger partial charge in [0, 0.05) is 11.5 Å². The first-order valence-electron chi connectivity index (χ1n) is 10.5. The van der Waals surface area contributed by atoms with Crippen molar-refractivity contribution >= 4 is 17.9 Å². The number of benzene rings is 1. The number of amides is 3. The van der Waals surface area contributed by atoms with Crippen molar-refractivity contribution in [3.8, 4) is 12.3 Å². The summed E-state index contributed by atoms with van der Waals surface area (Å²) in [6.07, 6.45) is 7.67.